The monoisotopic (exact) mass is 683 g/mol. The van der Waals surface area contributed by atoms with Gasteiger partial charge in [-0.2, -0.15) is 0 Å². The van der Waals surface area contributed by atoms with E-state index < -0.39 is 28.5 Å². The van der Waals surface area contributed by atoms with Crippen LogP contribution in [0.4, 0.5) is 5.69 Å². The van der Waals surface area contributed by atoms with Crippen LogP contribution < -0.4 is 9.62 Å². The SMILES string of the molecule is Cc1ccc(S(=O)(=O)N(CC(=O)N(Cc2ccc(Cl)c(Cl)c2)[C@H](C)C(=O)NC2CCCCC2)c2ccc(Cl)c(Cl)c2)cc1. The molecule has 1 N–H and O–H groups in total. The smallest absolute Gasteiger partial charge is 0.264 e. The number of hydrogen-bond acceptors (Lipinski definition) is 4. The Morgan fingerprint density at radius 1 is 0.860 bits per heavy atom. The Hall–Kier alpha value is -2.49. The number of nitrogens with one attached hydrogen (secondary N) is 1. The standard InChI is InChI=1S/C31H33Cl4N3O4S/c1-20-8-12-25(13-9-20)43(41,42)38(24-11-15-27(33)29(35)17-24)19-30(39)37(18-22-10-14-26(32)28(34)16-22)21(2)31(40)36-23-6-4-3-5-7-23/h8-17,21,23H,3-7,18-19H2,1-2H3,(H,36,40)/t21-/m1/s1. The zero-order valence-electron chi connectivity index (χ0n) is 23.8. The number of amides is 2. The largest absolute Gasteiger partial charge is 0.352 e. The van der Waals surface area contributed by atoms with Gasteiger partial charge >= 0.3 is 0 Å². The van der Waals surface area contributed by atoms with Crippen molar-refractivity contribution in [1.82, 2.24) is 10.2 Å². The van der Waals surface area contributed by atoms with Crippen molar-refractivity contribution in [2.24, 2.45) is 0 Å². The minimum atomic E-state index is -4.24. The van der Waals surface area contributed by atoms with Crippen LogP contribution in [0, 0.1) is 6.92 Å². The van der Waals surface area contributed by atoms with Crippen LogP contribution in [-0.2, 0) is 26.2 Å². The first-order chi connectivity index (χ1) is 20.4. The molecule has 0 spiro atoms. The number of halogens is 4. The zero-order chi connectivity index (χ0) is 31.3. The summed E-state index contributed by atoms with van der Waals surface area (Å²) in [6.45, 7) is 2.87. The van der Waals surface area contributed by atoms with Gasteiger partial charge in [-0.15, -0.1) is 0 Å². The average molecular weight is 686 g/mol. The predicted octanol–water partition coefficient (Wildman–Crippen LogP) is 7.67. The third kappa shape index (κ3) is 8.37. The fourth-order valence-electron chi connectivity index (χ4n) is 4.99. The Balaban J connectivity index is 1.71. The summed E-state index contributed by atoms with van der Waals surface area (Å²) in [6, 6.07) is 14.7. The predicted molar refractivity (Wildman–Crippen MR) is 174 cm³/mol. The topological polar surface area (TPSA) is 86.8 Å². The highest BCUT2D eigenvalue weighted by atomic mass is 35.5. The van der Waals surface area contributed by atoms with E-state index in [0.717, 1.165) is 42.0 Å². The average Bonchev–Trinajstić information content (AvgIpc) is 2.98. The minimum Gasteiger partial charge on any atom is -0.352 e. The Morgan fingerprint density at radius 2 is 1.47 bits per heavy atom. The summed E-state index contributed by atoms with van der Waals surface area (Å²) >= 11 is 24.8. The lowest BCUT2D eigenvalue weighted by molar-refractivity contribution is -0.139. The molecule has 1 atom stereocenters. The summed E-state index contributed by atoms with van der Waals surface area (Å²) in [5.74, 6) is -0.915. The quantitative estimate of drug-likeness (QED) is 0.238. The van der Waals surface area contributed by atoms with Crippen LogP contribution in [-0.4, -0.2) is 43.8 Å². The number of aryl methyl sites for hydroxylation is 1. The van der Waals surface area contributed by atoms with Crippen LogP contribution in [0.5, 0.6) is 0 Å². The Labute approximate surface area is 273 Å². The summed E-state index contributed by atoms with van der Waals surface area (Å²) in [5, 5.41) is 4.08. The molecule has 230 valence electrons. The third-order valence-electron chi connectivity index (χ3n) is 7.53. The van der Waals surface area contributed by atoms with E-state index in [-0.39, 0.29) is 39.1 Å². The Morgan fingerprint density at radius 3 is 2.07 bits per heavy atom. The molecule has 0 aromatic heterocycles. The second-order valence-electron chi connectivity index (χ2n) is 10.7. The summed E-state index contributed by atoms with van der Waals surface area (Å²) in [4.78, 5) is 28.9. The molecule has 0 aliphatic heterocycles. The molecule has 4 rings (SSSR count). The number of benzene rings is 3. The zero-order valence-corrected chi connectivity index (χ0v) is 27.7. The van der Waals surface area contributed by atoms with E-state index in [0.29, 0.717) is 15.6 Å². The van der Waals surface area contributed by atoms with Gasteiger partial charge < -0.3 is 10.2 Å². The van der Waals surface area contributed by atoms with E-state index in [2.05, 4.69) is 5.32 Å². The van der Waals surface area contributed by atoms with Crippen molar-refractivity contribution in [2.75, 3.05) is 10.8 Å². The van der Waals surface area contributed by atoms with Crippen LogP contribution in [0.15, 0.2) is 65.6 Å². The molecular formula is C31H33Cl4N3O4S. The van der Waals surface area contributed by atoms with E-state index in [1.54, 1.807) is 37.3 Å². The van der Waals surface area contributed by atoms with Gasteiger partial charge in [-0.1, -0.05) is 89.4 Å². The highest BCUT2D eigenvalue weighted by Crippen LogP contribution is 2.31. The third-order valence-corrected chi connectivity index (χ3v) is 10.8. The van der Waals surface area contributed by atoms with Crippen molar-refractivity contribution in [3.63, 3.8) is 0 Å². The van der Waals surface area contributed by atoms with Crippen molar-refractivity contribution < 1.29 is 18.0 Å². The number of carbonyl (C=O) groups excluding carboxylic acids is 2. The molecular weight excluding hydrogens is 652 g/mol. The second kappa shape index (κ2) is 14.5. The summed E-state index contributed by atoms with van der Waals surface area (Å²) < 4.78 is 28.9. The molecule has 43 heavy (non-hydrogen) atoms. The highest BCUT2D eigenvalue weighted by molar-refractivity contribution is 7.92. The van der Waals surface area contributed by atoms with Crippen LogP contribution in [0.1, 0.15) is 50.2 Å². The van der Waals surface area contributed by atoms with Gasteiger partial charge in [-0.3, -0.25) is 13.9 Å². The molecule has 1 aliphatic carbocycles. The van der Waals surface area contributed by atoms with Gasteiger partial charge in [0.05, 0.1) is 30.7 Å². The summed E-state index contributed by atoms with van der Waals surface area (Å²) in [6.07, 6.45) is 4.93. The summed E-state index contributed by atoms with van der Waals surface area (Å²) in [5.41, 5.74) is 1.65. The Bertz CT molecular complexity index is 1580. The first-order valence-corrected chi connectivity index (χ1v) is 16.9. The van der Waals surface area contributed by atoms with Gasteiger partial charge in [0.2, 0.25) is 11.8 Å². The maximum absolute atomic E-state index is 14.1. The van der Waals surface area contributed by atoms with Gasteiger partial charge in [0.1, 0.15) is 12.6 Å². The molecule has 0 bridgehead atoms. The molecule has 2 amide bonds. The molecule has 0 saturated heterocycles. The molecule has 3 aromatic rings. The van der Waals surface area contributed by atoms with E-state index in [1.807, 2.05) is 6.92 Å². The van der Waals surface area contributed by atoms with Crippen LogP contribution >= 0.6 is 46.4 Å². The molecule has 7 nitrogen and oxygen atoms in total. The minimum absolute atomic E-state index is 0.00362. The fraction of sp³-hybridized carbons (Fsp3) is 0.355. The van der Waals surface area contributed by atoms with Gasteiger partial charge in [0.25, 0.3) is 10.0 Å². The molecule has 1 aliphatic rings. The van der Waals surface area contributed by atoms with E-state index in [1.165, 1.54) is 35.2 Å². The number of sulfonamides is 1. The number of carbonyl (C=O) groups is 2. The lowest BCUT2D eigenvalue weighted by Gasteiger charge is -2.33. The van der Waals surface area contributed by atoms with Crippen molar-refractivity contribution in [1.29, 1.82) is 0 Å². The lowest BCUT2D eigenvalue weighted by atomic mass is 9.95. The number of anilines is 1. The molecule has 0 radical (unpaired) electrons. The molecule has 3 aromatic carbocycles. The van der Waals surface area contributed by atoms with Crippen LogP contribution in [0.3, 0.4) is 0 Å². The maximum atomic E-state index is 14.1. The first-order valence-electron chi connectivity index (χ1n) is 13.9. The lowest BCUT2D eigenvalue weighted by Crippen LogP contribution is -2.53. The van der Waals surface area contributed by atoms with Crippen molar-refractivity contribution in [3.8, 4) is 0 Å². The summed E-state index contributed by atoms with van der Waals surface area (Å²) in [7, 11) is -4.24. The number of rotatable bonds is 10. The Kier molecular flexibility index (Phi) is 11.3. The van der Waals surface area contributed by atoms with Crippen molar-refractivity contribution >= 4 is 73.9 Å². The van der Waals surface area contributed by atoms with E-state index in [9.17, 15) is 18.0 Å². The number of hydrogen-bond donors (Lipinski definition) is 1. The number of nitrogens with zero attached hydrogens (tertiary/aromatic N) is 2. The van der Waals surface area contributed by atoms with Crippen LogP contribution in [0.2, 0.25) is 20.1 Å². The second-order valence-corrected chi connectivity index (χ2v) is 14.2. The van der Waals surface area contributed by atoms with Gasteiger partial charge in [-0.05, 0) is 74.7 Å². The molecule has 1 saturated carbocycles. The molecule has 0 heterocycles. The molecule has 1 fully saturated rings. The van der Waals surface area contributed by atoms with Gasteiger partial charge in [-0.25, -0.2) is 8.42 Å². The normalized spacial score (nSPS) is 14.7. The first kappa shape index (κ1) is 33.4. The van der Waals surface area contributed by atoms with Gasteiger partial charge in [0, 0.05) is 12.6 Å². The van der Waals surface area contributed by atoms with E-state index >= 15 is 0 Å². The maximum Gasteiger partial charge on any atom is 0.264 e. The van der Waals surface area contributed by atoms with E-state index in [4.69, 9.17) is 46.4 Å². The highest BCUT2D eigenvalue weighted by Gasteiger charge is 2.33. The van der Waals surface area contributed by atoms with Crippen molar-refractivity contribution in [3.05, 3.63) is 91.9 Å². The molecule has 12 heteroatoms. The molecule has 0 unspecified atom stereocenters. The van der Waals surface area contributed by atoms with Gasteiger partial charge in [0.15, 0.2) is 0 Å². The fourth-order valence-corrected chi connectivity index (χ4v) is 7.01. The van der Waals surface area contributed by atoms with Crippen molar-refractivity contribution in [2.45, 2.75) is 69.5 Å². The van der Waals surface area contributed by atoms with Crippen LogP contribution in [0.25, 0.3) is 0 Å².